The van der Waals surface area contributed by atoms with Crippen molar-refractivity contribution in [2.24, 2.45) is 5.41 Å². The van der Waals surface area contributed by atoms with E-state index in [0.717, 1.165) is 12.2 Å². The first-order chi connectivity index (χ1) is 8.16. The van der Waals surface area contributed by atoms with Crippen molar-refractivity contribution in [3.05, 3.63) is 23.9 Å². The number of carbonyl (C=O) groups is 1. The number of nitrogens with zero attached hydrogens (tertiary/aromatic N) is 1. The quantitative estimate of drug-likeness (QED) is 0.805. The maximum atomic E-state index is 11.4. The van der Waals surface area contributed by atoms with Gasteiger partial charge in [-0.25, -0.2) is 4.98 Å². The number of methoxy groups -OCH3 is 1. The van der Waals surface area contributed by atoms with Gasteiger partial charge in [0.2, 0.25) is 5.88 Å². The lowest BCUT2D eigenvalue weighted by Crippen LogP contribution is -2.35. The number of rotatable bonds is 4. The van der Waals surface area contributed by atoms with E-state index in [1.54, 1.807) is 13.2 Å². The standard InChI is InChI=1S/C12H16N2O3/c1-17-10-4-2-3-9(14-10)7-12(11(15)16)5-6-13-8-12/h2-4,13H,5-8H2,1H3,(H,15,16). The second kappa shape index (κ2) is 4.71. The molecule has 1 atom stereocenters. The number of hydrogen-bond donors (Lipinski definition) is 2. The third kappa shape index (κ3) is 2.39. The zero-order valence-electron chi connectivity index (χ0n) is 9.77. The molecule has 1 unspecified atom stereocenters. The number of carboxylic acid groups (broad SMARTS) is 1. The van der Waals surface area contributed by atoms with Crippen LogP contribution < -0.4 is 10.1 Å². The summed E-state index contributed by atoms with van der Waals surface area (Å²) >= 11 is 0. The molecule has 17 heavy (non-hydrogen) atoms. The van der Waals surface area contributed by atoms with Gasteiger partial charge in [-0.05, 0) is 19.0 Å². The molecule has 5 heteroatoms. The van der Waals surface area contributed by atoms with Crippen LogP contribution in [0.5, 0.6) is 5.88 Å². The van der Waals surface area contributed by atoms with E-state index in [1.807, 2.05) is 12.1 Å². The Morgan fingerprint density at radius 3 is 3.06 bits per heavy atom. The Morgan fingerprint density at radius 1 is 1.65 bits per heavy atom. The van der Waals surface area contributed by atoms with E-state index in [0.29, 0.717) is 25.3 Å². The number of ether oxygens (including phenoxy) is 1. The van der Waals surface area contributed by atoms with Crippen LogP contribution in [0.15, 0.2) is 18.2 Å². The highest BCUT2D eigenvalue weighted by Crippen LogP contribution is 2.30. The molecule has 1 aromatic rings. The van der Waals surface area contributed by atoms with Gasteiger partial charge in [0.15, 0.2) is 0 Å². The first-order valence-electron chi connectivity index (χ1n) is 5.60. The highest BCUT2D eigenvalue weighted by molar-refractivity contribution is 5.75. The van der Waals surface area contributed by atoms with Gasteiger partial charge in [0.25, 0.3) is 0 Å². The van der Waals surface area contributed by atoms with E-state index in [2.05, 4.69) is 10.3 Å². The number of nitrogens with one attached hydrogen (secondary N) is 1. The van der Waals surface area contributed by atoms with E-state index < -0.39 is 11.4 Å². The van der Waals surface area contributed by atoms with Crippen molar-refractivity contribution in [3.8, 4) is 5.88 Å². The molecule has 1 aromatic heterocycles. The van der Waals surface area contributed by atoms with Crippen molar-refractivity contribution in [1.82, 2.24) is 10.3 Å². The van der Waals surface area contributed by atoms with Crippen LogP contribution in [0.3, 0.4) is 0 Å². The van der Waals surface area contributed by atoms with E-state index in [1.165, 1.54) is 0 Å². The summed E-state index contributed by atoms with van der Waals surface area (Å²) in [5, 5.41) is 12.5. The summed E-state index contributed by atoms with van der Waals surface area (Å²) < 4.78 is 5.04. The van der Waals surface area contributed by atoms with Gasteiger partial charge in [0.1, 0.15) is 0 Å². The maximum absolute atomic E-state index is 11.4. The van der Waals surface area contributed by atoms with Gasteiger partial charge in [-0.1, -0.05) is 6.07 Å². The molecule has 0 saturated carbocycles. The summed E-state index contributed by atoms with van der Waals surface area (Å²) in [6.07, 6.45) is 1.08. The summed E-state index contributed by atoms with van der Waals surface area (Å²) in [6, 6.07) is 5.43. The number of hydrogen-bond acceptors (Lipinski definition) is 4. The molecule has 1 fully saturated rings. The highest BCUT2D eigenvalue weighted by atomic mass is 16.5. The molecule has 0 aromatic carbocycles. The molecular weight excluding hydrogens is 220 g/mol. The van der Waals surface area contributed by atoms with Crippen LogP contribution in [0.1, 0.15) is 12.1 Å². The van der Waals surface area contributed by atoms with Crippen molar-refractivity contribution in [3.63, 3.8) is 0 Å². The third-order valence-electron chi connectivity index (χ3n) is 3.21. The van der Waals surface area contributed by atoms with E-state index in [4.69, 9.17) is 4.74 Å². The van der Waals surface area contributed by atoms with Gasteiger partial charge in [0.05, 0.1) is 12.5 Å². The predicted molar refractivity (Wildman–Crippen MR) is 62.0 cm³/mol. The maximum Gasteiger partial charge on any atom is 0.311 e. The van der Waals surface area contributed by atoms with Gasteiger partial charge in [-0.3, -0.25) is 4.79 Å². The molecule has 5 nitrogen and oxygen atoms in total. The van der Waals surface area contributed by atoms with E-state index in [-0.39, 0.29) is 0 Å². The summed E-state index contributed by atoms with van der Waals surface area (Å²) in [5.41, 5.74) is 0.0368. The third-order valence-corrected chi connectivity index (χ3v) is 3.21. The highest BCUT2D eigenvalue weighted by Gasteiger charge is 2.41. The molecular formula is C12H16N2O3. The molecule has 0 spiro atoms. The second-order valence-corrected chi connectivity index (χ2v) is 4.36. The lowest BCUT2D eigenvalue weighted by molar-refractivity contribution is -0.147. The molecule has 2 heterocycles. The predicted octanol–water partition coefficient (Wildman–Crippen LogP) is 0.697. The minimum absolute atomic E-state index is 0.437. The number of carboxylic acids is 1. The first kappa shape index (κ1) is 11.9. The number of aromatic nitrogens is 1. The van der Waals surface area contributed by atoms with Gasteiger partial charge in [-0.15, -0.1) is 0 Å². The normalized spacial score (nSPS) is 23.6. The van der Waals surface area contributed by atoms with Crippen LogP contribution in [-0.2, 0) is 11.2 Å². The SMILES string of the molecule is COc1cccc(CC2(C(=O)O)CCNC2)n1. The molecule has 2 rings (SSSR count). The zero-order chi connectivity index (χ0) is 12.3. The van der Waals surface area contributed by atoms with Crippen LogP contribution in [0.4, 0.5) is 0 Å². The molecule has 92 valence electrons. The van der Waals surface area contributed by atoms with Crippen LogP contribution in [-0.4, -0.2) is 36.3 Å². The lowest BCUT2D eigenvalue weighted by Gasteiger charge is -2.22. The molecule has 2 N–H and O–H groups in total. The van der Waals surface area contributed by atoms with Gasteiger partial charge in [0, 0.05) is 24.7 Å². The largest absolute Gasteiger partial charge is 0.481 e. The van der Waals surface area contributed by atoms with Crippen LogP contribution in [0.2, 0.25) is 0 Å². The van der Waals surface area contributed by atoms with Crippen molar-refractivity contribution in [1.29, 1.82) is 0 Å². The van der Waals surface area contributed by atoms with E-state index in [9.17, 15) is 9.90 Å². The molecule has 0 bridgehead atoms. The summed E-state index contributed by atoms with van der Waals surface area (Å²) in [7, 11) is 1.55. The second-order valence-electron chi connectivity index (χ2n) is 4.36. The van der Waals surface area contributed by atoms with Crippen molar-refractivity contribution < 1.29 is 14.6 Å². The fourth-order valence-electron chi connectivity index (χ4n) is 2.17. The molecule has 1 aliphatic heterocycles. The fraction of sp³-hybridized carbons (Fsp3) is 0.500. The minimum Gasteiger partial charge on any atom is -0.481 e. The monoisotopic (exact) mass is 236 g/mol. The number of aliphatic carboxylic acids is 1. The first-order valence-corrected chi connectivity index (χ1v) is 5.60. The van der Waals surface area contributed by atoms with Crippen molar-refractivity contribution in [2.75, 3.05) is 20.2 Å². The minimum atomic E-state index is -0.757. The summed E-state index contributed by atoms with van der Waals surface area (Å²) in [5.74, 6) is -0.235. The molecule has 0 aliphatic carbocycles. The lowest BCUT2D eigenvalue weighted by atomic mass is 9.82. The topological polar surface area (TPSA) is 71.5 Å². The average molecular weight is 236 g/mol. The van der Waals surface area contributed by atoms with Crippen molar-refractivity contribution in [2.45, 2.75) is 12.8 Å². The van der Waals surface area contributed by atoms with E-state index >= 15 is 0 Å². The van der Waals surface area contributed by atoms with Gasteiger partial charge < -0.3 is 15.2 Å². The van der Waals surface area contributed by atoms with Crippen molar-refractivity contribution >= 4 is 5.97 Å². The van der Waals surface area contributed by atoms with Crippen LogP contribution in [0, 0.1) is 5.41 Å². The fourth-order valence-corrected chi connectivity index (χ4v) is 2.17. The Hall–Kier alpha value is -1.62. The summed E-state index contributed by atoms with van der Waals surface area (Å²) in [6.45, 7) is 1.25. The average Bonchev–Trinajstić information content (AvgIpc) is 2.79. The Balaban J connectivity index is 2.20. The smallest absolute Gasteiger partial charge is 0.311 e. The zero-order valence-corrected chi connectivity index (χ0v) is 9.77. The van der Waals surface area contributed by atoms with Crippen LogP contribution >= 0.6 is 0 Å². The Bertz CT molecular complexity index is 414. The van der Waals surface area contributed by atoms with Crippen LogP contribution in [0.25, 0.3) is 0 Å². The summed E-state index contributed by atoms with van der Waals surface area (Å²) in [4.78, 5) is 15.7. The molecule has 1 saturated heterocycles. The molecule has 1 aliphatic rings. The van der Waals surface area contributed by atoms with Gasteiger partial charge in [-0.2, -0.15) is 0 Å². The van der Waals surface area contributed by atoms with Gasteiger partial charge >= 0.3 is 5.97 Å². The Morgan fingerprint density at radius 2 is 2.47 bits per heavy atom. The molecule has 0 radical (unpaired) electrons. The Kier molecular flexibility index (Phi) is 3.28. The molecule has 0 amide bonds. The number of pyridine rings is 1. The Labute approximate surface area is 99.8 Å².